The van der Waals surface area contributed by atoms with Gasteiger partial charge in [0.2, 0.25) is 0 Å². The van der Waals surface area contributed by atoms with Crippen LogP contribution in [0.5, 0.6) is 5.75 Å². The molecule has 1 fully saturated rings. The highest BCUT2D eigenvalue weighted by atomic mass is 32.1. The lowest BCUT2D eigenvalue weighted by Gasteiger charge is -2.21. The number of thiophene rings is 1. The second-order valence-corrected chi connectivity index (χ2v) is 10.6. The topological polar surface area (TPSA) is 50.7 Å². The van der Waals surface area contributed by atoms with Gasteiger partial charge in [0.1, 0.15) is 17.4 Å². The summed E-state index contributed by atoms with van der Waals surface area (Å²) in [5.74, 6) is 1.61. The number of carbonyl (C=O) groups is 1. The van der Waals surface area contributed by atoms with E-state index in [4.69, 9.17) is 9.73 Å². The Morgan fingerprint density at radius 2 is 1.88 bits per heavy atom. The van der Waals surface area contributed by atoms with Crippen LogP contribution in [0.3, 0.4) is 0 Å². The van der Waals surface area contributed by atoms with Crippen molar-refractivity contribution in [2.75, 3.05) is 0 Å². The van der Waals surface area contributed by atoms with Gasteiger partial charge in [0.15, 0.2) is 0 Å². The van der Waals surface area contributed by atoms with E-state index in [1.54, 1.807) is 11.3 Å². The molecule has 1 atom stereocenters. The van der Waals surface area contributed by atoms with E-state index in [-0.39, 0.29) is 5.91 Å². The molecular weight excluding hydrogens is 440 g/mol. The van der Waals surface area contributed by atoms with Crippen LogP contribution in [0.1, 0.15) is 70.1 Å². The SMILES string of the molecule is CCC1CCc2c(sc(/N=C/c3ccc(OCc4ccc(C)cc4)cc3)c2C(=O)NC2CC2)C1. The predicted octanol–water partition coefficient (Wildman–Crippen LogP) is 6.79. The van der Waals surface area contributed by atoms with Gasteiger partial charge >= 0.3 is 0 Å². The maximum absolute atomic E-state index is 13.1. The second-order valence-electron chi connectivity index (χ2n) is 9.55. The van der Waals surface area contributed by atoms with Gasteiger partial charge in [0.25, 0.3) is 5.91 Å². The number of benzene rings is 2. The molecule has 0 saturated heterocycles. The van der Waals surface area contributed by atoms with Crippen LogP contribution in [0.2, 0.25) is 0 Å². The van der Waals surface area contributed by atoms with E-state index < -0.39 is 0 Å². The number of aliphatic imine (C=N–C) groups is 1. The number of fused-ring (bicyclic) bond motifs is 1. The minimum Gasteiger partial charge on any atom is -0.489 e. The van der Waals surface area contributed by atoms with Crippen molar-refractivity contribution in [3.05, 3.63) is 81.2 Å². The highest BCUT2D eigenvalue weighted by molar-refractivity contribution is 7.16. The summed E-state index contributed by atoms with van der Waals surface area (Å²) >= 11 is 1.70. The molecule has 34 heavy (non-hydrogen) atoms. The lowest BCUT2D eigenvalue weighted by molar-refractivity contribution is 0.0951. The number of ether oxygens (including phenoxy) is 1. The molecule has 0 bridgehead atoms. The number of nitrogens with one attached hydrogen (secondary N) is 1. The molecule has 0 spiro atoms. The van der Waals surface area contributed by atoms with Crippen molar-refractivity contribution in [2.24, 2.45) is 10.9 Å². The summed E-state index contributed by atoms with van der Waals surface area (Å²) in [6, 6.07) is 16.7. The van der Waals surface area contributed by atoms with Gasteiger partial charge in [-0.3, -0.25) is 4.79 Å². The average molecular weight is 473 g/mol. The Hall–Kier alpha value is -2.92. The zero-order chi connectivity index (χ0) is 23.5. The van der Waals surface area contributed by atoms with Crippen LogP contribution in [0.25, 0.3) is 0 Å². The van der Waals surface area contributed by atoms with Crippen molar-refractivity contribution >= 4 is 28.5 Å². The lowest BCUT2D eigenvalue weighted by Crippen LogP contribution is -2.26. The number of hydrogen-bond acceptors (Lipinski definition) is 4. The number of rotatable bonds is 8. The molecule has 5 rings (SSSR count). The second kappa shape index (κ2) is 10.1. The third-order valence-corrected chi connectivity index (χ3v) is 7.97. The van der Waals surface area contributed by atoms with E-state index in [2.05, 4.69) is 43.4 Å². The largest absolute Gasteiger partial charge is 0.489 e. The smallest absolute Gasteiger partial charge is 0.254 e. The summed E-state index contributed by atoms with van der Waals surface area (Å²) in [6.45, 7) is 4.89. The Bertz CT molecular complexity index is 1170. The summed E-state index contributed by atoms with van der Waals surface area (Å²) in [6.07, 6.45) is 8.46. The van der Waals surface area contributed by atoms with Gasteiger partial charge in [-0.05, 0) is 85.9 Å². The minimum absolute atomic E-state index is 0.0574. The quantitative estimate of drug-likeness (QED) is 0.367. The van der Waals surface area contributed by atoms with Crippen molar-refractivity contribution in [3.63, 3.8) is 0 Å². The standard InChI is InChI=1S/C29H32N2O2S/c1-3-20-10-15-25-26(16-20)34-29(27(25)28(32)31-23-11-12-23)30-17-21-8-13-24(14-9-21)33-18-22-6-4-19(2)5-7-22/h4-9,13-14,17,20,23H,3,10-12,15-16,18H2,1-2H3,(H,31,32)/b30-17+. The molecule has 2 aliphatic carbocycles. The van der Waals surface area contributed by atoms with E-state index in [0.29, 0.717) is 12.6 Å². The number of carbonyl (C=O) groups excluding carboxylic acids is 1. The van der Waals surface area contributed by atoms with E-state index in [0.717, 1.165) is 65.5 Å². The number of nitrogens with zero attached hydrogens (tertiary/aromatic N) is 1. The van der Waals surface area contributed by atoms with Crippen LogP contribution in [0.15, 0.2) is 53.5 Å². The first-order valence-corrected chi connectivity index (χ1v) is 13.2. The van der Waals surface area contributed by atoms with Crippen molar-refractivity contribution in [3.8, 4) is 5.75 Å². The molecule has 1 unspecified atom stereocenters. The van der Waals surface area contributed by atoms with Crippen molar-refractivity contribution in [2.45, 2.75) is 65.0 Å². The third kappa shape index (κ3) is 5.41. The Morgan fingerprint density at radius 3 is 2.59 bits per heavy atom. The highest BCUT2D eigenvalue weighted by Gasteiger charge is 2.31. The van der Waals surface area contributed by atoms with Gasteiger partial charge in [0, 0.05) is 17.1 Å². The van der Waals surface area contributed by atoms with Crippen LogP contribution in [0.4, 0.5) is 5.00 Å². The summed E-state index contributed by atoms with van der Waals surface area (Å²) in [7, 11) is 0. The first-order chi connectivity index (χ1) is 16.6. The van der Waals surface area contributed by atoms with Gasteiger partial charge in [-0.2, -0.15) is 0 Å². The summed E-state index contributed by atoms with van der Waals surface area (Å²) in [5, 5.41) is 4.03. The van der Waals surface area contributed by atoms with Gasteiger partial charge in [-0.1, -0.05) is 43.2 Å². The lowest BCUT2D eigenvalue weighted by atomic mass is 9.85. The molecule has 1 saturated carbocycles. The van der Waals surface area contributed by atoms with E-state index >= 15 is 0 Å². The van der Waals surface area contributed by atoms with Gasteiger partial charge in [-0.15, -0.1) is 11.3 Å². The third-order valence-electron chi connectivity index (χ3n) is 6.80. The zero-order valence-electron chi connectivity index (χ0n) is 20.0. The molecule has 1 heterocycles. The maximum atomic E-state index is 13.1. The summed E-state index contributed by atoms with van der Waals surface area (Å²) in [5.41, 5.74) is 5.45. The predicted molar refractivity (Wildman–Crippen MR) is 140 cm³/mol. The molecule has 3 aromatic rings. The Kier molecular flexibility index (Phi) is 6.82. The van der Waals surface area contributed by atoms with Gasteiger partial charge in [-0.25, -0.2) is 4.99 Å². The summed E-state index contributed by atoms with van der Waals surface area (Å²) < 4.78 is 5.92. The fourth-order valence-corrected chi connectivity index (χ4v) is 5.74. The van der Waals surface area contributed by atoms with Crippen molar-refractivity contribution < 1.29 is 9.53 Å². The van der Waals surface area contributed by atoms with E-state index in [9.17, 15) is 4.79 Å². The average Bonchev–Trinajstić information content (AvgIpc) is 3.59. The van der Waals surface area contributed by atoms with Crippen molar-refractivity contribution in [1.82, 2.24) is 5.32 Å². The fraction of sp³-hybridized carbons (Fsp3) is 0.379. The molecule has 0 aliphatic heterocycles. The number of amides is 1. The first kappa shape index (κ1) is 22.9. The van der Waals surface area contributed by atoms with E-state index in [1.807, 2.05) is 30.5 Å². The highest BCUT2D eigenvalue weighted by Crippen LogP contribution is 2.42. The molecule has 0 radical (unpaired) electrons. The Morgan fingerprint density at radius 1 is 1.12 bits per heavy atom. The van der Waals surface area contributed by atoms with Crippen LogP contribution in [-0.2, 0) is 19.4 Å². The molecular formula is C29H32N2O2S. The normalized spacial score (nSPS) is 17.5. The van der Waals surface area contributed by atoms with Crippen LogP contribution in [-0.4, -0.2) is 18.2 Å². The Balaban J connectivity index is 1.30. The van der Waals surface area contributed by atoms with Crippen LogP contribution >= 0.6 is 11.3 Å². The first-order valence-electron chi connectivity index (χ1n) is 12.4. The molecule has 1 N–H and O–H groups in total. The minimum atomic E-state index is 0.0574. The van der Waals surface area contributed by atoms with Gasteiger partial charge < -0.3 is 10.1 Å². The van der Waals surface area contributed by atoms with Crippen LogP contribution < -0.4 is 10.1 Å². The number of aryl methyl sites for hydroxylation is 1. The molecule has 4 nitrogen and oxygen atoms in total. The molecule has 176 valence electrons. The van der Waals surface area contributed by atoms with E-state index in [1.165, 1.54) is 22.4 Å². The Labute approximate surface area is 206 Å². The summed E-state index contributed by atoms with van der Waals surface area (Å²) in [4.78, 5) is 19.2. The molecule has 2 aromatic carbocycles. The van der Waals surface area contributed by atoms with Crippen molar-refractivity contribution in [1.29, 1.82) is 0 Å². The fourth-order valence-electron chi connectivity index (χ4n) is 4.43. The monoisotopic (exact) mass is 472 g/mol. The number of hydrogen-bond donors (Lipinski definition) is 1. The zero-order valence-corrected chi connectivity index (χ0v) is 20.8. The van der Waals surface area contributed by atoms with Crippen LogP contribution in [0, 0.1) is 12.8 Å². The van der Waals surface area contributed by atoms with Gasteiger partial charge in [0.05, 0.1) is 5.56 Å². The molecule has 1 amide bonds. The molecule has 5 heteroatoms. The molecule has 2 aliphatic rings. The molecule has 1 aromatic heterocycles. The maximum Gasteiger partial charge on any atom is 0.254 e.